The zero-order valence-electron chi connectivity index (χ0n) is 6.54. The minimum Gasteiger partial charge on any atom is -0.290 e. The second-order valence-corrected chi connectivity index (χ2v) is 2.46. The zero-order valence-corrected chi connectivity index (χ0v) is 6.54. The molecular formula is C7H14N3+. The molecule has 0 aromatic carbocycles. The Hall–Kier alpha value is -0.990. The molecule has 0 fully saturated rings. The highest BCUT2D eigenvalue weighted by Crippen LogP contribution is 1.96. The van der Waals surface area contributed by atoms with E-state index < -0.39 is 0 Å². The van der Waals surface area contributed by atoms with E-state index in [2.05, 4.69) is 6.92 Å². The van der Waals surface area contributed by atoms with Gasteiger partial charge in [0.25, 0.3) is 0 Å². The third-order valence-corrected chi connectivity index (χ3v) is 1.59. The van der Waals surface area contributed by atoms with E-state index in [-0.39, 0.29) is 0 Å². The van der Waals surface area contributed by atoms with Gasteiger partial charge in [-0.25, -0.2) is 9.13 Å². The lowest BCUT2D eigenvalue weighted by atomic mass is 10.5. The zero-order chi connectivity index (χ0) is 7.56. The molecule has 0 spiro atoms. The molecular weight excluding hydrogens is 126 g/mol. The molecule has 3 nitrogen and oxygen atoms in total. The summed E-state index contributed by atoms with van der Waals surface area (Å²) in [5.74, 6) is 0.821. The third-order valence-electron chi connectivity index (χ3n) is 1.59. The van der Waals surface area contributed by atoms with Crippen LogP contribution in [0.4, 0.5) is 5.95 Å². The number of aryl methyl sites for hydroxylation is 2. The summed E-state index contributed by atoms with van der Waals surface area (Å²) in [4.78, 5) is 0. The van der Waals surface area contributed by atoms with Gasteiger partial charge < -0.3 is 0 Å². The number of hydrogen-bond acceptors (Lipinski definition) is 1. The van der Waals surface area contributed by atoms with E-state index in [1.807, 2.05) is 28.6 Å². The molecule has 10 heavy (non-hydrogen) atoms. The minimum atomic E-state index is 0.821. The van der Waals surface area contributed by atoms with Crippen molar-refractivity contribution in [2.45, 2.75) is 19.9 Å². The summed E-state index contributed by atoms with van der Waals surface area (Å²) >= 11 is 0. The van der Waals surface area contributed by atoms with Crippen molar-refractivity contribution in [3.63, 3.8) is 0 Å². The van der Waals surface area contributed by atoms with Crippen molar-refractivity contribution in [1.29, 1.82) is 0 Å². The van der Waals surface area contributed by atoms with Gasteiger partial charge in [0.15, 0.2) is 0 Å². The van der Waals surface area contributed by atoms with Crippen LogP contribution in [0.1, 0.15) is 13.3 Å². The number of imidazole rings is 1. The average molecular weight is 140 g/mol. The number of rotatable bonds is 2. The van der Waals surface area contributed by atoms with E-state index in [9.17, 15) is 0 Å². The van der Waals surface area contributed by atoms with Crippen LogP contribution >= 0.6 is 0 Å². The number of nitrogens with zero attached hydrogens (tertiary/aromatic N) is 2. The van der Waals surface area contributed by atoms with Crippen LogP contribution in [0.5, 0.6) is 0 Å². The first kappa shape index (κ1) is 7.12. The number of nitrogens with two attached hydrogens (primary N) is 1. The maximum Gasteiger partial charge on any atom is 0.354 e. The van der Waals surface area contributed by atoms with Crippen molar-refractivity contribution in [3.05, 3.63) is 12.4 Å². The lowest BCUT2D eigenvalue weighted by Gasteiger charge is -1.94. The van der Waals surface area contributed by atoms with Crippen LogP contribution in [0.25, 0.3) is 0 Å². The van der Waals surface area contributed by atoms with Crippen molar-refractivity contribution in [2.75, 3.05) is 5.73 Å². The molecule has 0 amide bonds. The maximum absolute atomic E-state index is 5.71. The maximum atomic E-state index is 5.71. The fraction of sp³-hybridized carbons (Fsp3) is 0.571. The largest absolute Gasteiger partial charge is 0.354 e. The van der Waals surface area contributed by atoms with Crippen LogP contribution in [0.3, 0.4) is 0 Å². The molecule has 0 atom stereocenters. The average Bonchev–Trinajstić information content (AvgIpc) is 2.20. The smallest absolute Gasteiger partial charge is 0.290 e. The molecule has 1 rings (SSSR count). The van der Waals surface area contributed by atoms with E-state index in [1.54, 1.807) is 0 Å². The van der Waals surface area contributed by atoms with Crippen LogP contribution in [-0.2, 0) is 13.6 Å². The van der Waals surface area contributed by atoms with Gasteiger partial charge >= 0.3 is 5.95 Å². The second-order valence-electron chi connectivity index (χ2n) is 2.46. The van der Waals surface area contributed by atoms with Gasteiger partial charge in [-0.3, -0.25) is 5.73 Å². The number of aromatic nitrogens is 2. The summed E-state index contributed by atoms with van der Waals surface area (Å²) in [7, 11) is 1.95. The molecule has 0 aliphatic rings. The second kappa shape index (κ2) is 2.73. The van der Waals surface area contributed by atoms with Crippen molar-refractivity contribution in [1.82, 2.24) is 4.57 Å². The van der Waals surface area contributed by atoms with Crippen LogP contribution in [-0.4, -0.2) is 4.57 Å². The fourth-order valence-electron chi connectivity index (χ4n) is 0.966. The monoisotopic (exact) mass is 140 g/mol. The standard InChI is InChI=1S/C7H13N3/c1-3-4-10-6-5-9(2)7(10)8/h5-6,8H,3-4H2,1-2H3/p+1. The molecule has 1 aromatic heterocycles. The van der Waals surface area contributed by atoms with Crippen molar-refractivity contribution < 1.29 is 4.57 Å². The van der Waals surface area contributed by atoms with Gasteiger partial charge in [-0.15, -0.1) is 0 Å². The SMILES string of the molecule is CCCn1cc[n+](C)c1N. The van der Waals surface area contributed by atoms with Crippen LogP contribution < -0.4 is 10.3 Å². The van der Waals surface area contributed by atoms with Gasteiger partial charge in [0.2, 0.25) is 0 Å². The van der Waals surface area contributed by atoms with E-state index in [4.69, 9.17) is 5.73 Å². The van der Waals surface area contributed by atoms with Gasteiger partial charge in [0, 0.05) is 0 Å². The molecule has 1 aromatic rings. The summed E-state index contributed by atoms with van der Waals surface area (Å²) in [5.41, 5.74) is 5.71. The molecule has 2 N–H and O–H groups in total. The van der Waals surface area contributed by atoms with Gasteiger partial charge in [-0.05, 0) is 6.42 Å². The normalized spacial score (nSPS) is 10.2. The van der Waals surface area contributed by atoms with Gasteiger partial charge in [-0.1, -0.05) is 6.92 Å². The summed E-state index contributed by atoms with van der Waals surface area (Å²) in [6, 6.07) is 0. The summed E-state index contributed by atoms with van der Waals surface area (Å²) in [6.07, 6.45) is 5.09. The van der Waals surface area contributed by atoms with Crippen LogP contribution in [0, 0.1) is 0 Å². The molecule has 0 unspecified atom stereocenters. The topological polar surface area (TPSA) is 34.8 Å². The Morgan fingerprint density at radius 1 is 1.70 bits per heavy atom. The van der Waals surface area contributed by atoms with Crippen LogP contribution in [0.2, 0.25) is 0 Å². The highest BCUT2D eigenvalue weighted by Gasteiger charge is 2.05. The molecule has 1 heterocycles. The Labute approximate surface area is 61.1 Å². The lowest BCUT2D eigenvalue weighted by molar-refractivity contribution is -0.656. The molecule has 0 aliphatic carbocycles. The molecule has 56 valence electrons. The lowest BCUT2D eigenvalue weighted by Crippen LogP contribution is -2.30. The van der Waals surface area contributed by atoms with Gasteiger partial charge in [0.1, 0.15) is 0 Å². The highest BCUT2D eigenvalue weighted by molar-refractivity contribution is 5.07. The van der Waals surface area contributed by atoms with Crippen molar-refractivity contribution in [2.24, 2.45) is 7.05 Å². The van der Waals surface area contributed by atoms with E-state index in [1.165, 1.54) is 0 Å². The summed E-state index contributed by atoms with van der Waals surface area (Å²) in [6.45, 7) is 3.14. The van der Waals surface area contributed by atoms with Crippen molar-refractivity contribution in [3.8, 4) is 0 Å². The van der Waals surface area contributed by atoms with E-state index in [0.29, 0.717) is 0 Å². The van der Waals surface area contributed by atoms with Crippen molar-refractivity contribution >= 4 is 5.95 Å². The van der Waals surface area contributed by atoms with E-state index >= 15 is 0 Å². The molecule has 3 heteroatoms. The first-order valence-corrected chi connectivity index (χ1v) is 3.56. The number of nitrogen functional groups attached to an aromatic ring is 1. The Balaban J connectivity index is 2.83. The summed E-state index contributed by atoms with van der Waals surface area (Å²) in [5, 5.41) is 0. The number of hydrogen-bond donors (Lipinski definition) is 1. The Bertz CT molecular complexity index is 215. The quantitative estimate of drug-likeness (QED) is 0.589. The number of anilines is 1. The Morgan fingerprint density at radius 2 is 2.40 bits per heavy atom. The fourth-order valence-corrected chi connectivity index (χ4v) is 0.966. The Morgan fingerprint density at radius 3 is 2.80 bits per heavy atom. The molecule has 0 saturated carbocycles. The third kappa shape index (κ3) is 1.12. The minimum absolute atomic E-state index is 0.821. The molecule has 0 bridgehead atoms. The predicted octanol–water partition coefficient (Wildman–Crippen LogP) is 0.305. The summed E-state index contributed by atoms with van der Waals surface area (Å²) < 4.78 is 3.95. The predicted molar refractivity (Wildman–Crippen MR) is 40.3 cm³/mol. The molecule has 0 radical (unpaired) electrons. The van der Waals surface area contributed by atoms with Crippen LogP contribution in [0.15, 0.2) is 12.4 Å². The first-order chi connectivity index (χ1) is 4.75. The molecule has 0 saturated heterocycles. The Kier molecular flexibility index (Phi) is 1.94. The van der Waals surface area contributed by atoms with Gasteiger partial charge in [-0.2, -0.15) is 0 Å². The highest BCUT2D eigenvalue weighted by atomic mass is 15.2. The van der Waals surface area contributed by atoms with E-state index in [0.717, 1.165) is 18.9 Å². The first-order valence-electron chi connectivity index (χ1n) is 3.56. The molecule has 0 aliphatic heterocycles. The van der Waals surface area contributed by atoms with Gasteiger partial charge in [0.05, 0.1) is 26.0 Å².